The van der Waals surface area contributed by atoms with E-state index in [1.54, 1.807) is 0 Å². The van der Waals surface area contributed by atoms with Crippen LogP contribution in [-0.2, 0) is 14.3 Å². The van der Waals surface area contributed by atoms with E-state index in [2.05, 4.69) is 31.3 Å². The van der Waals surface area contributed by atoms with Crippen molar-refractivity contribution < 1.29 is 24.5 Å². The highest BCUT2D eigenvalue weighted by Crippen LogP contribution is 2.20. The van der Waals surface area contributed by atoms with Crippen LogP contribution in [0.15, 0.2) is 12.2 Å². The van der Waals surface area contributed by atoms with Gasteiger partial charge in [-0.15, -0.1) is 0 Å². The lowest BCUT2D eigenvalue weighted by molar-refractivity contribution is -0.143. The van der Waals surface area contributed by atoms with Gasteiger partial charge in [-0.1, -0.05) is 392 Å². The molecule has 0 bridgehead atoms. The fourth-order valence-electron chi connectivity index (χ4n) is 12.5. The van der Waals surface area contributed by atoms with Gasteiger partial charge in [0.1, 0.15) is 0 Å². The van der Waals surface area contributed by atoms with Crippen molar-refractivity contribution in [1.29, 1.82) is 0 Å². The molecule has 0 rings (SSSR count). The number of ether oxygens (including phenoxy) is 1. The molecule has 0 aliphatic rings. The van der Waals surface area contributed by atoms with Crippen LogP contribution in [-0.4, -0.2) is 47.4 Å². The standard InChI is InChI=1S/C77H151NO5/c1-3-5-7-9-11-13-15-17-18-19-40-43-47-51-55-59-63-67-71-77(82)83-72-68-64-60-56-52-48-44-41-38-36-34-32-30-28-26-24-22-20-21-23-25-27-29-31-33-35-37-39-42-46-50-54-58-62-66-70-76(81)78-74(73-79)75(80)69-65-61-57-53-49-45-16-14-12-10-8-6-4-2/h18-19,74-75,79-80H,3-17,20-73H2,1-2H3,(H,78,81)/b19-18-. The SMILES string of the molecule is CCCCCCCCC/C=C\CCCCCCCCCC(=O)OCCCCCCCCCCCCCCCCCCCCCCCCCCCCCCCCCCCCCC(=O)NC(CO)C(O)CCCCCCCCCCCCCCC. The van der Waals surface area contributed by atoms with Gasteiger partial charge in [0.2, 0.25) is 5.91 Å². The molecule has 3 N–H and O–H groups in total. The van der Waals surface area contributed by atoms with Crippen LogP contribution in [0, 0.1) is 0 Å². The summed E-state index contributed by atoms with van der Waals surface area (Å²) in [5.41, 5.74) is 0. The first kappa shape index (κ1) is 81.6. The first-order valence-electron chi connectivity index (χ1n) is 38.4. The molecule has 1 amide bonds. The fraction of sp³-hybridized carbons (Fsp3) is 0.948. The lowest BCUT2D eigenvalue weighted by Gasteiger charge is -2.22. The molecule has 0 saturated heterocycles. The Balaban J connectivity index is 3.28. The molecular formula is C77H151NO5. The van der Waals surface area contributed by atoms with Crippen molar-refractivity contribution in [3.63, 3.8) is 0 Å². The first-order chi connectivity index (χ1) is 41.0. The predicted octanol–water partition coefficient (Wildman–Crippen LogP) is 25.1. The molecule has 0 heterocycles. The van der Waals surface area contributed by atoms with Crippen LogP contribution in [0.25, 0.3) is 0 Å². The highest BCUT2D eigenvalue weighted by Gasteiger charge is 2.20. The number of rotatable bonds is 73. The Labute approximate surface area is 520 Å². The van der Waals surface area contributed by atoms with Crippen LogP contribution in [0.2, 0.25) is 0 Å². The molecule has 0 aromatic carbocycles. The average Bonchev–Trinajstić information content (AvgIpc) is 3.49. The van der Waals surface area contributed by atoms with Gasteiger partial charge in [0.15, 0.2) is 0 Å². The Morgan fingerprint density at radius 2 is 0.566 bits per heavy atom. The number of amides is 1. The van der Waals surface area contributed by atoms with Crippen molar-refractivity contribution in [1.82, 2.24) is 5.32 Å². The lowest BCUT2D eigenvalue weighted by atomic mass is 10.0. The van der Waals surface area contributed by atoms with Gasteiger partial charge in [-0.05, 0) is 51.4 Å². The maximum absolute atomic E-state index is 12.5. The third kappa shape index (κ3) is 69.6. The fourth-order valence-corrected chi connectivity index (χ4v) is 12.5. The zero-order chi connectivity index (χ0) is 59.9. The second-order valence-corrected chi connectivity index (χ2v) is 26.7. The molecule has 0 aliphatic heterocycles. The number of carbonyl (C=O) groups excluding carboxylic acids is 2. The summed E-state index contributed by atoms with van der Waals surface area (Å²) in [6, 6.07) is -0.536. The van der Waals surface area contributed by atoms with Crippen LogP contribution < -0.4 is 5.32 Å². The van der Waals surface area contributed by atoms with E-state index in [1.165, 1.54) is 372 Å². The normalized spacial score (nSPS) is 12.5. The zero-order valence-corrected chi connectivity index (χ0v) is 56.7. The Morgan fingerprint density at radius 1 is 0.325 bits per heavy atom. The summed E-state index contributed by atoms with van der Waals surface area (Å²) in [5.74, 6) is -0.00606. The van der Waals surface area contributed by atoms with Crippen LogP contribution >= 0.6 is 0 Å². The van der Waals surface area contributed by atoms with Gasteiger partial charge < -0.3 is 20.3 Å². The number of aliphatic hydroxyl groups is 2. The van der Waals surface area contributed by atoms with Gasteiger partial charge in [-0.3, -0.25) is 9.59 Å². The van der Waals surface area contributed by atoms with Crippen molar-refractivity contribution >= 4 is 11.9 Å². The smallest absolute Gasteiger partial charge is 0.305 e. The number of hydrogen-bond donors (Lipinski definition) is 3. The van der Waals surface area contributed by atoms with Crippen molar-refractivity contribution in [2.45, 2.75) is 456 Å². The summed E-state index contributed by atoms with van der Waals surface area (Å²) in [6.07, 6.45) is 91.6. The van der Waals surface area contributed by atoms with E-state index >= 15 is 0 Å². The molecule has 6 nitrogen and oxygen atoms in total. The van der Waals surface area contributed by atoms with Crippen LogP contribution in [0.5, 0.6) is 0 Å². The van der Waals surface area contributed by atoms with E-state index in [4.69, 9.17) is 4.74 Å². The third-order valence-corrected chi connectivity index (χ3v) is 18.3. The summed E-state index contributed by atoms with van der Waals surface area (Å²) in [7, 11) is 0. The number of aliphatic hydroxyl groups excluding tert-OH is 2. The Hall–Kier alpha value is -1.40. The van der Waals surface area contributed by atoms with E-state index in [-0.39, 0.29) is 18.5 Å². The van der Waals surface area contributed by atoms with Gasteiger partial charge >= 0.3 is 5.97 Å². The summed E-state index contributed by atoms with van der Waals surface area (Å²) in [5, 5.41) is 23.3. The summed E-state index contributed by atoms with van der Waals surface area (Å²) in [6.45, 7) is 4.99. The molecule has 2 atom stereocenters. The summed E-state index contributed by atoms with van der Waals surface area (Å²) in [4.78, 5) is 24.6. The molecule has 83 heavy (non-hydrogen) atoms. The zero-order valence-electron chi connectivity index (χ0n) is 56.7. The molecule has 494 valence electrons. The number of nitrogens with one attached hydrogen (secondary N) is 1. The molecular weight excluding hydrogens is 1020 g/mol. The van der Waals surface area contributed by atoms with Crippen molar-refractivity contribution in [3.05, 3.63) is 12.2 Å². The Bertz CT molecular complexity index is 1260. The summed E-state index contributed by atoms with van der Waals surface area (Å²) < 4.78 is 5.51. The van der Waals surface area contributed by atoms with E-state index in [9.17, 15) is 19.8 Å². The minimum absolute atomic E-state index is 0.0208. The number of allylic oxidation sites excluding steroid dienone is 2. The van der Waals surface area contributed by atoms with Gasteiger partial charge in [-0.25, -0.2) is 0 Å². The van der Waals surface area contributed by atoms with Crippen molar-refractivity contribution in [3.8, 4) is 0 Å². The number of hydrogen-bond acceptors (Lipinski definition) is 5. The molecule has 0 spiro atoms. The minimum atomic E-state index is -0.659. The van der Waals surface area contributed by atoms with Crippen LogP contribution in [0.4, 0.5) is 0 Å². The van der Waals surface area contributed by atoms with Gasteiger partial charge in [0, 0.05) is 12.8 Å². The third-order valence-electron chi connectivity index (χ3n) is 18.3. The number of esters is 1. The highest BCUT2D eigenvalue weighted by molar-refractivity contribution is 5.76. The maximum Gasteiger partial charge on any atom is 0.305 e. The van der Waals surface area contributed by atoms with Gasteiger partial charge in [-0.2, -0.15) is 0 Å². The van der Waals surface area contributed by atoms with E-state index in [0.717, 1.165) is 38.5 Å². The molecule has 2 unspecified atom stereocenters. The second-order valence-electron chi connectivity index (χ2n) is 26.7. The molecule has 0 radical (unpaired) electrons. The predicted molar refractivity (Wildman–Crippen MR) is 366 cm³/mol. The van der Waals surface area contributed by atoms with Crippen LogP contribution in [0.3, 0.4) is 0 Å². The highest BCUT2D eigenvalue weighted by atomic mass is 16.5. The molecule has 0 fully saturated rings. The minimum Gasteiger partial charge on any atom is -0.466 e. The Morgan fingerprint density at radius 3 is 0.855 bits per heavy atom. The second kappa shape index (κ2) is 73.1. The van der Waals surface area contributed by atoms with E-state index < -0.39 is 12.1 Å². The largest absolute Gasteiger partial charge is 0.466 e. The van der Waals surface area contributed by atoms with E-state index in [0.29, 0.717) is 25.9 Å². The van der Waals surface area contributed by atoms with Crippen molar-refractivity contribution in [2.75, 3.05) is 13.2 Å². The van der Waals surface area contributed by atoms with Crippen LogP contribution in [0.1, 0.15) is 444 Å². The van der Waals surface area contributed by atoms with Gasteiger partial charge in [0.25, 0.3) is 0 Å². The van der Waals surface area contributed by atoms with Gasteiger partial charge in [0.05, 0.1) is 25.4 Å². The molecule has 0 saturated carbocycles. The van der Waals surface area contributed by atoms with Crippen molar-refractivity contribution in [2.24, 2.45) is 0 Å². The first-order valence-corrected chi connectivity index (χ1v) is 38.4. The Kier molecular flexibility index (Phi) is 71.8. The monoisotopic (exact) mass is 1170 g/mol. The lowest BCUT2D eigenvalue weighted by Crippen LogP contribution is -2.45. The molecule has 0 aromatic rings. The number of carbonyl (C=O) groups is 2. The molecule has 0 aromatic heterocycles. The topological polar surface area (TPSA) is 95.9 Å². The van der Waals surface area contributed by atoms with E-state index in [1.807, 2.05) is 0 Å². The maximum atomic E-state index is 12.5. The molecule has 0 aliphatic carbocycles. The number of unbranched alkanes of at least 4 members (excludes halogenated alkanes) is 60. The molecule has 6 heteroatoms. The average molecular weight is 1170 g/mol. The quantitative estimate of drug-likeness (QED) is 0.0320. The summed E-state index contributed by atoms with van der Waals surface area (Å²) >= 11 is 0.